The fourth-order valence-corrected chi connectivity index (χ4v) is 1.81. The van der Waals surface area contributed by atoms with Crippen molar-refractivity contribution in [3.63, 3.8) is 0 Å². The van der Waals surface area contributed by atoms with E-state index in [1.165, 1.54) is 11.3 Å². The Morgan fingerprint density at radius 1 is 1.57 bits per heavy atom. The van der Waals surface area contributed by atoms with Crippen molar-refractivity contribution in [1.82, 2.24) is 4.98 Å². The summed E-state index contributed by atoms with van der Waals surface area (Å²) < 4.78 is 0. The van der Waals surface area contributed by atoms with Gasteiger partial charge in [-0.3, -0.25) is 0 Å². The number of anilines is 1. The Labute approximate surface area is 87.3 Å². The van der Waals surface area contributed by atoms with Crippen LogP contribution in [-0.4, -0.2) is 25.2 Å². The van der Waals surface area contributed by atoms with Gasteiger partial charge in [-0.15, -0.1) is 0 Å². The number of thiazole rings is 1. The second-order valence-corrected chi connectivity index (χ2v) is 4.67. The van der Waals surface area contributed by atoms with E-state index in [1.54, 1.807) is 12.3 Å². The van der Waals surface area contributed by atoms with Crippen LogP contribution in [0.15, 0.2) is 11.2 Å². The summed E-state index contributed by atoms with van der Waals surface area (Å²) in [6.45, 7) is 3.73. The van der Waals surface area contributed by atoms with Crippen molar-refractivity contribution in [2.45, 2.75) is 19.4 Å². The molecule has 0 atom stereocenters. The number of aliphatic imine (C=N–C) groups is 1. The molecule has 0 unspecified atom stereocenters. The lowest BCUT2D eigenvalue weighted by Crippen LogP contribution is -2.11. The Balaban J connectivity index is 3.02. The maximum atomic E-state index is 10.2. The Bertz CT molecular complexity index is 364. The normalized spacial score (nSPS) is 10.9. The van der Waals surface area contributed by atoms with E-state index in [-0.39, 0.29) is 0 Å². The van der Waals surface area contributed by atoms with Gasteiger partial charge < -0.3 is 4.90 Å². The number of nitrogens with zero attached hydrogens (tertiary/aromatic N) is 3. The van der Waals surface area contributed by atoms with Crippen LogP contribution in [0.25, 0.3) is 0 Å². The standard InChI is InChI=1S/C9H13N3OS/c1-9(2,11-6-13)7-5-10-8(14-7)12(3)4/h5H,1-4H3. The molecule has 1 aromatic rings. The average molecular weight is 211 g/mol. The summed E-state index contributed by atoms with van der Waals surface area (Å²) in [5.41, 5.74) is -0.520. The molecule has 0 aliphatic heterocycles. The van der Waals surface area contributed by atoms with Crippen molar-refractivity contribution in [1.29, 1.82) is 0 Å². The van der Waals surface area contributed by atoms with Gasteiger partial charge in [0.25, 0.3) is 0 Å². The van der Waals surface area contributed by atoms with Gasteiger partial charge in [-0.2, -0.15) is 4.99 Å². The number of isocyanates is 1. The minimum atomic E-state index is -0.520. The summed E-state index contributed by atoms with van der Waals surface area (Å²) in [6, 6.07) is 0. The van der Waals surface area contributed by atoms with Gasteiger partial charge >= 0.3 is 0 Å². The van der Waals surface area contributed by atoms with Crippen LogP contribution in [0.1, 0.15) is 18.7 Å². The van der Waals surface area contributed by atoms with Crippen molar-refractivity contribution in [3.8, 4) is 0 Å². The number of carbonyl (C=O) groups excluding carboxylic acids is 1. The molecule has 0 aromatic carbocycles. The number of rotatable bonds is 3. The molecule has 0 radical (unpaired) electrons. The molecule has 0 bridgehead atoms. The van der Waals surface area contributed by atoms with Crippen LogP contribution in [0, 0.1) is 0 Å². The first-order valence-corrected chi connectivity index (χ1v) is 5.01. The third kappa shape index (κ3) is 2.19. The number of aromatic nitrogens is 1. The van der Waals surface area contributed by atoms with Crippen LogP contribution >= 0.6 is 11.3 Å². The quantitative estimate of drug-likeness (QED) is 0.565. The molecule has 1 aromatic heterocycles. The first-order chi connectivity index (χ1) is 6.47. The number of hydrogen-bond acceptors (Lipinski definition) is 5. The summed E-state index contributed by atoms with van der Waals surface area (Å²) in [7, 11) is 3.86. The van der Waals surface area contributed by atoms with E-state index >= 15 is 0 Å². The van der Waals surface area contributed by atoms with Gasteiger partial charge in [0.2, 0.25) is 6.08 Å². The van der Waals surface area contributed by atoms with E-state index in [0.29, 0.717) is 0 Å². The molecular formula is C9H13N3OS. The summed E-state index contributed by atoms with van der Waals surface area (Å²) in [5, 5.41) is 0.911. The molecule has 4 nitrogen and oxygen atoms in total. The maximum Gasteiger partial charge on any atom is 0.235 e. The van der Waals surface area contributed by atoms with Crippen LogP contribution < -0.4 is 4.90 Å². The monoisotopic (exact) mass is 211 g/mol. The molecule has 1 rings (SSSR count). The predicted molar refractivity (Wildman–Crippen MR) is 57.6 cm³/mol. The summed E-state index contributed by atoms with van der Waals surface area (Å²) in [5.74, 6) is 0. The zero-order valence-electron chi connectivity index (χ0n) is 8.74. The van der Waals surface area contributed by atoms with Gasteiger partial charge in [0.1, 0.15) is 5.54 Å². The minimum Gasteiger partial charge on any atom is -0.354 e. The Morgan fingerprint density at radius 2 is 2.21 bits per heavy atom. The van der Waals surface area contributed by atoms with E-state index in [1.807, 2.05) is 32.8 Å². The highest BCUT2D eigenvalue weighted by Crippen LogP contribution is 2.32. The van der Waals surface area contributed by atoms with Gasteiger partial charge in [0.15, 0.2) is 5.13 Å². The first kappa shape index (κ1) is 10.9. The third-order valence-corrected chi connectivity index (χ3v) is 3.28. The van der Waals surface area contributed by atoms with E-state index in [2.05, 4.69) is 9.98 Å². The lowest BCUT2D eigenvalue weighted by molar-refractivity contribution is 0.528. The fraction of sp³-hybridized carbons (Fsp3) is 0.556. The van der Waals surface area contributed by atoms with Crippen molar-refractivity contribution in [2.75, 3.05) is 19.0 Å². The van der Waals surface area contributed by atoms with Crippen molar-refractivity contribution in [3.05, 3.63) is 11.1 Å². The SMILES string of the molecule is CN(C)c1ncc(C(C)(C)N=C=O)s1. The number of hydrogen-bond donors (Lipinski definition) is 0. The molecule has 0 aliphatic carbocycles. The van der Waals surface area contributed by atoms with Crippen LogP contribution in [0.5, 0.6) is 0 Å². The maximum absolute atomic E-state index is 10.2. The van der Waals surface area contributed by atoms with Crippen LogP contribution in [-0.2, 0) is 10.3 Å². The van der Waals surface area contributed by atoms with Crippen LogP contribution in [0.3, 0.4) is 0 Å². The molecule has 0 aliphatic rings. The van der Waals surface area contributed by atoms with E-state index in [4.69, 9.17) is 0 Å². The molecule has 0 N–H and O–H groups in total. The highest BCUT2D eigenvalue weighted by atomic mass is 32.1. The van der Waals surface area contributed by atoms with E-state index in [9.17, 15) is 4.79 Å². The molecule has 0 amide bonds. The summed E-state index contributed by atoms with van der Waals surface area (Å²) in [6.07, 6.45) is 3.34. The largest absolute Gasteiger partial charge is 0.354 e. The Kier molecular flexibility index (Phi) is 3.03. The van der Waals surface area contributed by atoms with Gasteiger partial charge in [0.05, 0.1) is 4.88 Å². The van der Waals surface area contributed by atoms with Gasteiger partial charge in [0, 0.05) is 20.3 Å². The molecule has 5 heteroatoms. The highest BCUT2D eigenvalue weighted by molar-refractivity contribution is 7.15. The first-order valence-electron chi connectivity index (χ1n) is 4.20. The van der Waals surface area contributed by atoms with Crippen LogP contribution in [0.4, 0.5) is 5.13 Å². The van der Waals surface area contributed by atoms with Gasteiger partial charge in [-0.05, 0) is 13.8 Å². The van der Waals surface area contributed by atoms with Crippen molar-refractivity contribution < 1.29 is 4.79 Å². The van der Waals surface area contributed by atoms with Crippen molar-refractivity contribution in [2.24, 2.45) is 4.99 Å². The summed E-state index contributed by atoms with van der Waals surface area (Å²) >= 11 is 1.53. The molecule has 0 spiro atoms. The molecule has 0 saturated carbocycles. The van der Waals surface area contributed by atoms with E-state index in [0.717, 1.165) is 10.0 Å². The molecule has 1 heterocycles. The molecule has 14 heavy (non-hydrogen) atoms. The topological polar surface area (TPSA) is 45.6 Å². The summed E-state index contributed by atoms with van der Waals surface area (Å²) in [4.78, 5) is 21.1. The Morgan fingerprint density at radius 3 is 2.64 bits per heavy atom. The molecule has 0 fully saturated rings. The van der Waals surface area contributed by atoms with Crippen LogP contribution in [0.2, 0.25) is 0 Å². The van der Waals surface area contributed by atoms with E-state index < -0.39 is 5.54 Å². The minimum absolute atomic E-state index is 0.520. The third-order valence-electron chi connectivity index (χ3n) is 1.80. The second kappa shape index (κ2) is 3.90. The lowest BCUT2D eigenvalue weighted by Gasteiger charge is -2.13. The van der Waals surface area contributed by atoms with Gasteiger partial charge in [-0.25, -0.2) is 9.78 Å². The fourth-order valence-electron chi connectivity index (χ4n) is 0.924. The van der Waals surface area contributed by atoms with Gasteiger partial charge in [-0.1, -0.05) is 11.3 Å². The highest BCUT2D eigenvalue weighted by Gasteiger charge is 2.22. The molecular weight excluding hydrogens is 198 g/mol. The zero-order valence-corrected chi connectivity index (χ0v) is 9.55. The van der Waals surface area contributed by atoms with Crippen molar-refractivity contribution >= 4 is 22.5 Å². The average Bonchev–Trinajstić information content (AvgIpc) is 2.51. The smallest absolute Gasteiger partial charge is 0.235 e. The molecule has 76 valence electrons. The predicted octanol–water partition coefficient (Wildman–Crippen LogP) is 1.78. The Hall–Kier alpha value is -1.19. The zero-order chi connectivity index (χ0) is 10.8. The molecule has 0 saturated heterocycles. The lowest BCUT2D eigenvalue weighted by atomic mass is 10.1. The second-order valence-electron chi connectivity index (χ2n) is 3.66.